The van der Waals surface area contributed by atoms with Gasteiger partial charge in [0.1, 0.15) is 17.5 Å². The third-order valence-corrected chi connectivity index (χ3v) is 9.50. The second-order valence-corrected chi connectivity index (χ2v) is 12.7. The zero-order valence-electron chi connectivity index (χ0n) is 22.4. The van der Waals surface area contributed by atoms with Gasteiger partial charge in [-0.15, -0.1) is 0 Å². The molecule has 5 rings (SSSR count). The van der Waals surface area contributed by atoms with Gasteiger partial charge in [-0.1, -0.05) is 41.7 Å². The summed E-state index contributed by atoms with van der Waals surface area (Å²) in [6, 6.07) is 14.7. The van der Waals surface area contributed by atoms with Crippen molar-refractivity contribution in [3.63, 3.8) is 0 Å². The lowest BCUT2D eigenvalue weighted by Gasteiger charge is -2.30. The molecule has 0 bridgehead atoms. The number of benzene rings is 3. The molecule has 0 saturated carbocycles. The van der Waals surface area contributed by atoms with Crippen LogP contribution in [0.5, 0.6) is 11.5 Å². The van der Waals surface area contributed by atoms with Gasteiger partial charge in [0.25, 0.3) is 11.5 Å². The first-order valence-corrected chi connectivity index (χ1v) is 15.7. The minimum Gasteiger partial charge on any atom is -0.506 e. The number of amides is 1. The Kier molecular flexibility index (Phi) is 8.39. The number of allylic oxidation sites excluding steroid dienone is 1. The summed E-state index contributed by atoms with van der Waals surface area (Å²) in [5.74, 6) is 0.542. The second kappa shape index (κ2) is 11.6. The Hall–Kier alpha value is -2.71. The molecule has 0 saturated heterocycles. The van der Waals surface area contributed by atoms with Crippen LogP contribution >= 0.6 is 56.5 Å². The molecule has 1 aliphatic heterocycles. The van der Waals surface area contributed by atoms with Crippen molar-refractivity contribution in [1.82, 2.24) is 9.47 Å². The van der Waals surface area contributed by atoms with Gasteiger partial charge in [0, 0.05) is 27.8 Å². The van der Waals surface area contributed by atoms with Crippen LogP contribution in [0.3, 0.4) is 0 Å². The van der Waals surface area contributed by atoms with Gasteiger partial charge in [-0.3, -0.25) is 14.2 Å². The molecule has 0 aliphatic carbocycles. The SMILES string of the molecule is CCN(CC)C(=O)C1=C(C)N=c2s/c(=C/c3cc(I)cc(I)c3O)c(=O)n2[C@H]1c1c(OC)ccc2ccccc12. The lowest BCUT2D eigenvalue weighted by molar-refractivity contribution is -0.127. The van der Waals surface area contributed by atoms with E-state index in [9.17, 15) is 14.7 Å². The molecule has 3 aromatic carbocycles. The van der Waals surface area contributed by atoms with Gasteiger partial charge >= 0.3 is 0 Å². The highest BCUT2D eigenvalue weighted by molar-refractivity contribution is 14.1. The Morgan fingerprint density at radius 1 is 1.18 bits per heavy atom. The van der Waals surface area contributed by atoms with Gasteiger partial charge in [-0.05, 0) is 101 Å². The van der Waals surface area contributed by atoms with E-state index in [0.717, 1.165) is 19.9 Å². The van der Waals surface area contributed by atoms with Crippen LogP contribution in [0.4, 0.5) is 0 Å². The van der Waals surface area contributed by atoms with Crippen molar-refractivity contribution in [3.8, 4) is 11.5 Å². The molecular weight excluding hydrogens is 752 g/mol. The van der Waals surface area contributed by atoms with Crippen LogP contribution in [0, 0.1) is 7.14 Å². The van der Waals surface area contributed by atoms with E-state index in [1.165, 1.54) is 11.3 Å². The first kappa shape index (κ1) is 28.8. The first-order chi connectivity index (χ1) is 19.2. The van der Waals surface area contributed by atoms with Crippen molar-refractivity contribution >= 4 is 79.3 Å². The summed E-state index contributed by atoms with van der Waals surface area (Å²) < 4.78 is 9.52. The average molecular weight is 779 g/mol. The van der Waals surface area contributed by atoms with Gasteiger partial charge < -0.3 is 14.7 Å². The summed E-state index contributed by atoms with van der Waals surface area (Å²) in [5, 5.41) is 12.6. The van der Waals surface area contributed by atoms with Crippen molar-refractivity contribution < 1.29 is 14.6 Å². The number of hydrogen-bond acceptors (Lipinski definition) is 6. The number of phenols is 1. The largest absolute Gasteiger partial charge is 0.506 e. The van der Waals surface area contributed by atoms with E-state index in [0.29, 0.717) is 48.6 Å². The Balaban J connectivity index is 1.87. The predicted octanol–water partition coefficient (Wildman–Crippen LogP) is 5.18. The number of fused-ring (bicyclic) bond motifs is 2. The molecule has 0 radical (unpaired) electrons. The maximum Gasteiger partial charge on any atom is 0.271 e. The Morgan fingerprint density at radius 2 is 1.90 bits per heavy atom. The number of ether oxygens (including phenoxy) is 1. The number of aromatic nitrogens is 1. The number of hydrogen-bond donors (Lipinski definition) is 1. The minimum absolute atomic E-state index is 0.118. The van der Waals surface area contributed by atoms with Crippen LogP contribution in [0.2, 0.25) is 0 Å². The molecule has 1 atom stereocenters. The third-order valence-electron chi connectivity index (χ3n) is 7.07. The second-order valence-electron chi connectivity index (χ2n) is 9.29. The predicted molar refractivity (Wildman–Crippen MR) is 176 cm³/mol. The lowest BCUT2D eigenvalue weighted by atomic mass is 9.90. The summed E-state index contributed by atoms with van der Waals surface area (Å²) >= 11 is 5.52. The molecule has 7 nitrogen and oxygen atoms in total. The summed E-state index contributed by atoms with van der Waals surface area (Å²) in [6.45, 7) is 6.76. The van der Waals surface area contributed by atoms with Crippen LogP contribution in [0.15, 0.2) is 69.6 Å². The Bertz CT molecular complexity index is 1870. The maximum absolute atomic E-state index is 14.2. The topological polar surface area (TPSA) is 84.1 Å². The van der Waals surface area contributed by atoms with Crippen molar-refractivity contribution in [3.05, 3.63) is 97.8 Å². The highest BCUT2D eigenvalue weighted by Crippen LogP contribution is 2.40. The van der Waals surface area contributed by atoms with E-state index in [4.69, 9.17) is 9.73 Å². The van der Waals surface area contributed by atoms with Gasteiger partial charge in [-0.25, -0.2) is 4.99 Å². The van der Waals surface area contributed by atoms with Gasteiger partial charge in [-0.2, -0.15) is 0 Å². The van der Waals surface area contributed by atoms with Crippen LogP contribution in [0.25, 0.3) is 16.8 Å². The van der Waals surface area contributed by atoms with Gasteiger partial charge in [0.15, 0.2) is 4.80 Å². The molecule has 4 aromatic rings. The van der Waals surface area contributed by atoms with Crippen LogP contribution in [0.1, 0.15) is 37.9 Å². The van der Waals surface area contributed by atoms with E-state index >= 15 is 0 Å². The van der Waals surface area contributed by atoms with Crippen LogP contribution in [-0.2, 0) is 4.79 Å². The standard InChI is InChI=1S/C30H27I2N3O4S/c1-5-34(6-2)29(38)24-16(3)33-30-35(26(24)25-20-10-8-7-9-17(20)11-12-22(25)39-4)28(37)23(40-30)14-18-13-19(31)15-21(32)27(18)36/h7-15,26,36H,5-6H2,1-4H3/b23-14+/t26-/m1/s1. The van der Waals surface area contributed by atoms with Crippen LogP contribution in [-0.4, -0.2) is 40.7 Å². The molecule has 40 heavy (non-hydrogen) atoms. The summed E-state index contributed by atoms with van der Waals surface area (Å²) in [5.41, 5.74) is 2.02. The lowest BCUT2D eigenvalue weighted by Crippen LogP contribution is -2.43. The molecule has 0 fully saturated rings. The molecule has 1 aliphatic rings. The Morgan fingerprint density at radius 3 is 2.60 bits per heavy atom. The number of nitrogens with zero attached hydrogens (tertiary/aromatic N) is 3. The van der Waals surface area contributed by atoms with E-state index < -0.39 is 6.04 Å². The number of likely N-dealkylation sites (N-methyl/N-ethyl adjacent to an activating group) is 1. The number of phenolic OH excluding ortho intramolecular Hbond substituents is 1. The molecular formula is C30H27I2N3O4S. The third kappa shape index (κ3) is 4.98. The number of carbonyl (C=O) groups is 1. The summed E-state index contributed by atoms with van der Waals surface area (Å²) in [4.78, 5) is 35.3. The van der Waals surface area contributed by atoms with E-state index in [-0.39, 0.29) is 17.2 Å². The van der Waals surface area contributed by atoms with E-state index in [2.05, 4.69) is 45.2 Å². The quantitative estimate of drug-likeness (QED) is 0.274. The minimum atomic E-state index is -0.753. The van der Waals surface area contributed by atoms with Crippen LogP contribution < -0.4 is 19.6 Å². The molecule has 0 spiro atoms. The van der Waals surface area contributed by atoms with Crippen molar-refractivity contribution in [2.45, 2.75) is 26.8 Å². The molecule has 206 valence electrons. The number of halogens is 2. The number of rotatable bonds is 6. The zero-order chi connectivity index (χ0) is 28.7. The normalized spacial score (nSPS) is 15.2. The fraction of sp³-hybridized carbons (Fsp3) is 0.233. The molecule has 1 aromatic heterocycles. The Labute approximate surface area is 262 Å². The van der Waals surface area contributed by atoms with E-state index in [1.54, 1.807) is 22.7 Å². The number of aromatic hydroxyl groups is 1. The molecule has 1 amide bonds. The fourth-order valence-electron chi connectivity index (χ4n) is 5.12. The monoisotopic (exact) mass is 779 g/mol. The molecule has 10 heteroatoms. The van der Waals surface area contributed by atoms with Crippen molar-refractivity contribution in [2.75, 3.05) is 20.2 Å². The summed E-state index contributed by atoms with van der Waals surface area (Å²) in [6.07, 6.45) is 1.70. The molecule has 2 heterocycles. The maximum atomic E-state index is 14.2. The van der Waals surface area contributed by atoms with Crippen molar-refractivity contribution in [1.29, 1.82) is 0 Å². The summed E-state index contributed by atoms with van der Waals surface area (Å²) in [7, 11) is 1.60. The van der Waals surface area contributed by atoms with Gasteiger partial charge in [0.2, 0.25) is 0 Å². The highest BCUT2D eigenvalue weighted by atomic mass is 127. The smallest absolute Gasteiger partial charge is 0.271 e. The molecule has 0 unspecified atom stereocenters. The number of methoxy groups -OCH3 is 1. The average Bonchev–Trinajstić information content (AvgIpc) is 3.24. The van der Waals surface area contributed by atoms with Crippen molar-refractivity contribution in [2.24, 2.45) is 4.99 Å². The molecule has 1 N–H and O–H groups in total. The highest BCUT2D eigenvalue weighted by Gasteiger charge is 2.36. The van der Waals surface area contributed by atoms with Gasteiger partial charge in [0.05, 0.1) is 26.5 Å². The fourth-order valence-corrected chi connectivity index (χ4v) is 8.05. The number of carbonyl (C=O) groups excluding carboxylic acids is 1. The van der Waals surface area contributed by atoms with E-state index in [1.807, 2.05) is 69.3 Å². The number of thiazole rings is 1. The first-order valence-electron chi connectivity index (χ1n) is 12.8. The zero-order valence-corrected chi connectivity index (χ0v) is 27.5.